The molecule has 0 radical (unpaired) electrons. The number of hydrogen-bond acceptors (Lipinski definition) is 2. The Kier molecular flexibility index (Phi) is 12.1. The van der Waals surface area contributed by atoms with Crippen LogP contribution in [0.1, 0.15) is 58.3 Å². The molecule has 0 aromatic heterocycles. The van der Waals surface area contributed by atoms with Crippen molar-refractivity contribution in [1.82, 2.24) is 5.32 Å². The fourth-order valence-electron chi connectivity index (χ4n) is 1.60. The van der Waals surface area contributed by atoms with Crippen molar-refractivity contribution in [3.8, 4) is 0 Å². The Labute approximate surface area is 99.9 Å². The summed E-state index contributed by atoms with van der Waals surface area (Å²) in [7, 11) is 1.68. The Morgan fingerprint density at radius 1 is 1.06 bits per heavy atom. The molecule has 0 saturated heterocycles. The molecular weight excluding hydrogens is 202 g/mol. The SMILES string of the molecule is CCCCCCCCC(=O)NCCCOC. The van der Waals surface area contributed by atoms with Gasteiger partial charge in [-0.05, 0) is 12.8 Å². The van der Waals surface area contributed by atoms with Gasteiger partial charge in [-0.25, -0.2) is 0 Å². The predicted molar refractivity (Wildman–Crippen MR) is 67.5 cm³/mol. The van der Waals surface area contributed by atoms with E-state index < -0.39 is 0 Å². The minimum absolute atomic E-state index is 0.187. The maximum Gasteiger partial charge on any atom is 0.219 e. The van der Waals surface area contributed by atoms with E-state index in [-0.39, 0.29) is 5.91 Å². The summed E-state index contributed by atoms with van der Waals surface area (Å²) in [6, 6.07) is 0. The van der Waals surface area contributed by atoms with Gasteiger partial charge in [-0.3, -0.25) is 4.79 Å². The zero-order valence-corrected chi connectivity index (χ0v) is 10.9. The quantitative estimate of drug-likeness (QED) is 0.553. The van der Waals surface area contributed by atoms with Crippen molar-refractivity contribution >= 4 is 5.91 Å². The monoisotopic (exact) mass is 229 g/mol. The van der Waals surface area contributed by atoms with Crippen LogP contribution in [0.15, 0.2) is 0 Å². The average molecular weight is 229 g/mol. The zero-order valence-electron chi connectivity index (χ0n) is 10.9. The summed E-state index contributed by atoms with van der Waals surface area (Å²) in [5.74, 6) is 0.187. The lowest BCUT2D eigenvalue weighted by molar-refractivity contribution is -0.121. The third kappa shape index (κ3) is 11.5. The molecule has 1 amide bonds. The van der Waals surface area contributed by atoms with Gasteiger partial charge in [0.05, 0.1) is 0 Å². The van der Waals surface area contributed by atoms with Crippen LogP contribution >= 0.6 is 0 Å². The Morgan fingerprint density at radius 3 is 2.44 bits per heavy atom. The van der Waals surface area contributed by atoms with Crippen LogP contribution in [0.4, 0.5) is 0 Å². The first kappa shape index (κ1) is 15.4. The van der Waals surface area contributed by atoms with E-state index in [0.29, 0.717) is 6.42 Å². The van der Waals surface area contributed by atoms with Gasteiger partial charge in [0.1, 0.15) is 0 Å². The third-order valence-electron chi connectivity index (χ3n) is 2.60. The van der Waals surface area contributed by atoms with Gasteiger partial charge < -0.3 is 10.1 Å². The van der Waals surface area contributed by atoms with Gasteiger partial charge in [-0.1, -0.05) is 39.0 Å². The van der Waals surface area contributed by atoms with Gasteiger partial charge >= 0.3 is 0 Å². The van der Waals surface area contributed by atoms with Crippen LogP contribution in [0.25, 0.3) is 0 Å². The predicted octanol–water partition coefficient (Wildman–Crippen LogP) is 2.89. The molecule has 0 unspecified atom stereocenters. The summed E-state index contributed by atoms with van der Waals surface area (Å²) in [6.45, 7) is 3.67. The Bertz CT molecular complexity index is 160. The zero-order chi connectivity index (χ0) is 12.1. The second-order valence-corrected chi connectivity index (χ2v) is 4.21. The van der Waals surface area contributed by atoms with Gasteiger partial charge in [0.25, 0.3) is 0 Å². The molecule has 0 aromatic carbocycles. The Morgan fingerprint density at radius 2 is 1.75 bits per heavy atom. The molecule has 0 saturated carbocycles. The van der Waals surface area contributed by atoms with Crippen LogP contribution in [-0.2, 0) is 9.53 Å². The first-order valence-corrected chi connectivity index (χ1v) is 6.57. The lowest BCUT2D eigenvalue weighted by atomic mass is 10.1. The molecule has 0 aliphatic rings. The molecule has 0 fully saturated rings. The molecule has 1 N–H and O–H groups in total. The highest BCUT2D eigenvalue weighted by Gasteiger charge is 1.99. The van der Waals surface area contributed by atoms with E-state index in [1.807, 2.05) is 0 Å². The number of amides is 1. The molecule has 96 valence electrons. The second kappa shape index (κ2) is 12.5. The number of unbranched alkanes of at least 4 members (excludes halogenated alkanes) is 5. The molecule has 0 rings (SSSR count). The van der Waals surface area contributed by atoms with E-state index in [9.17, 15) is 4.79 Å². The second-order valence-electron chi connectivity index (χ2n) is 4.21. The number of nitrogens with one attached hydrogen (secondary N) is 1. The lowest BCUT2D eigenvalue weighted by Crippen LogP contribution is -2.24. The standard InChI is InChI=1S/C13H27NO2/c1-3-4-5-6-7-8-10-13(15)14-11-9-12-16-2/h3-12H2,1-2H3,(H,14,15). The molecule has 0 atom stereocenters. The van der Waals surface area contributed by atoms with Crippen molar-refractivity contribution in [1.29, 1.82) is 0 Å². The minimum atomic E-state index is 0.187. The number of hydrogen-bond donors (Lipinski definition) is 1. The third-order valence-corrected chi connectivity index (χ3v) is 2.60. The van der Waals surface area contributed by atoms with E-state index in [1.54, 1.807) is 7.11 Å². The topological polar surface area (TPSA) is 38.3 Å². The molecule has 0 bridgehead atoms. The minimum Gasteiger partial charge on any atom is -0.385 e. The molecule has 0 heterocycles. The van der Waals surface area contributed by atoms with Crippen LogP contribution in [0.3, 0.4) is 0 Å². The van der Waals surface area contributed by atoms with Gasteiger partial charge in [0, 0.05) is 26.7 Å². The van der Waals surface area contributed by atoms with Crippen molar-refractivity contribution in [3.63, 3.8) is 0 Å². The number of ether oxygens (including phenoxy) is 1. The Balaban J connectivity index is 3.11. The van der Waals surface area contributed by atoms with Crippen LogP contribution in [-0.4, -0.2) is 26.2 Å². The van der Waals surface area contributed by atoms with E-state index in [0.717, 1.165) is 26.0 Å². The maximum atomic E-state index is 11.3. The van der Waals surface area contributed by atoms with Gasteiger partial charge in [-0.2, -0.15) is 0 Å². The van der Waals surface area contributed by atoms with Crippen LogP contribution in [0.2, 0.25) is 0 Å². The number of methoxy groups -OCH3 is 1. The van der Waals surface area contributed by atoms with Crippen molar-refractivity contribution in [2.24, 2.45) is 0 Å². The van der Waals surface area contributed by atoms with E-state index in [4.69, 9.17) is 4.74 Å². The van der Waals surface area contributed by atoms with Gasteiger partial charge in [-0.15, -0.1) is 0 Å². The number of carbonyl (C=O) groups excluding carboxylic acids is 1. The fraction of sp³-hybridized carbons (Fsp3) is 0.923. The largest absolute Gasteiger partial charge is 0.385 e. The molecule has 0 aliphatic carbocycles. The Hall–Kier alpha value is -0.570. The van der Waals surface area contributed by atoms with Gasteiger partial charge in [0.15, 0.2) is 0 Å². The number of rotatable bonds is 11. The summed E-state index contributed by atoms with van der Waals surface area (Å²) in [5.41, 5.74) is 0. The van der Waals surface area contributed by atoms with E-state index in [1.165, 1.54) is 32.1 Å². The summed E-state index contributed by atoms with van der Waals surface area (Å²) < 4.78 is 4.91. The highest BCUT2D eigenvalue weighted by molar-refractivity contribution is 5.75. The molecule has 3 heteroatoms. The molecular formula is C13H27NO2. The maximum absolute atomic E-state index is 11.3. The summed E-state index contributed by atoms with van der Waals surface area (Å²) >= 11 is 0. The first-order valence-electron chi connectivity index (χ1n) is 6.57. The van der Waals surface area contributed by atoms with Crippen molar-refractivity contribution in [3.05, 3.63) is 0 Å². The van der Waals surface area contributed by atoms with Crippen LogP contribution < -0.4 is 5.32 Å². The number of carbonyl (C=O) groups is 1. The van der Waals surface area contributed by atoms with E-state index >= 15 is 0 Å². The average Bonchev–Trinajstić information content (AvgIpc) is 2.29. The lowest BCUT2D eigenvalue weighted by Gasteiger charge is -2.04. The van der Waals surface area contributed by atoms with Crippen LogP contribution in [0.5, 0.6) is 0 Å². The molecule has 16 heavy (non-hydrogen) atoms. The van der Waals surface area contributed by atoms with E-state index in [2.05, 4.69) is 12.2 Å². The van der Waals surface area contributed by atoms with Crippen molar-refractivity contribution in [2.75, 3.05) is 20.3 Å². The van der Waals surface area contributed by atoms with Crippen LogP contribution in [0, 0.1) is 0 Å². The molecule has 0 spiro atoms. The smallest absolute Gasteiger partial charge is 0.219 e. The molecule has 0 aromatic rings. The van der Waals surface area contributed by atoms with Crippen molar-refractivity contribution < 1.29 is 9.53 Å². The first-order chi connectivity index (χ1) is 7.81. The summed E-state index contributed by atoms with van der Waals surface area (Å²) in [5, 5.41) is 2.90. The van der Waals surface area contributed by atoms with Gasteiger partial charge in [0.2, 0.25) is 5.91 Å². The summed E-state index contributed by atoms with van der Waals surface area (Å²) in [4.78, 5) is 11.3. The fourth-order valence-corrected chi connectivity index (χ4v) is 1.60. The normalized spacial score (nSPS) is 10.4. The van der Waals surface area contributed by atoms with Crippen molar-refractivity contribution in [2.45, 2.75) is 58.3 Å². The molecule has 0 aliphatic heterocycles. The molecule has 3 nitrogen and oxygen atoms in total. The highest BCUT2D eigenvalue weighted by Crippen LogP contribution is 2.06. The summed E-state index contributed by atoms with van der Waals surface area (Å²) in [6.07, 6.45) is 8.98. The highest BCUT2D eigenvalue weighted by atomic mass is 16.5.